The van der Waals surface area contributed by atoms with Crippen LogP contribution in [0.2, 0.25) is 0 Å². The van der Waals surface area contributed by atoms with E-state index < -0.39 is 0 Å². The van der Waals surface area contributed by atoms with Crippen LogP contribution in [0.15, 0.2) is 47.1 Å². The molecule has 0 aliphatic heterocycles. The number of pyridine rings is 1. The molecular weight excluding hydrogens is 354 g/mol. The number of hydrogen-bond acceptors (Lipinski definition) is 3. The van der Waals surface area contributed by atoms with Gasteiger partial charge in [0.05, 0.1) is 17.5 Å². The maximum atomic E-state index is 5.76. The number of fused-ring (bicyclic) bond motifs is 1. The van der Waals surface area contributed by atoms with Gasteiger partial charge in [0.15, 0.2) is 0 Å². The van der Waals surface area contributed by atoms with E-state index in [-0.39, 0.29) is 6.10 Å². The van der Waals surface area contributed by atoms with Crippen LogP contribution in [0.5, 0.6) is 5.75 Å². The number of ether oxygens (including phenoxy) is 1. The Balaban J connectivity index is 2.09. The minimum absolute atomic E-state index is 0.167. The van der Waals surface area contributed by atoms with E-state index in [0.717, 1.165) is 39.2 Å². The number of nitrogens with zero attached hydrogens (tertiary/aromatic N) is 2. The van der Waals surface area contributed by atoms with Gasteiger partial charge in [0.2, 0.25) is 0 Å². The van der Waals surface area contributed by atoms with Gasteiger partial charge in [-0.05, 0) is 72.7 Å². The van der Waals surface area contributed by atoms with Crippen molar-refractivity contribution in [2.24, 2.45) is 5.73 Å². The van der Waals surface area contributed by atoms with Gasteiger partial charge in [-0.2, -0.15) is 0 Å². The summed E-state index contributed by atoms with van der Waals surface area (Å²) in [7, 11) is 0. The Morgan fingerprint density at radius 1 is 1.17 bits per heavy atom. The molecule has 0 bridgehead atoms. The third kappa shape index (κ3) is 3.41. The van der Waals surface area contributed by atoms with Crippen LogP contribution in [0, 0.1) is 0 Å². The monoisotopic (exact) mass is 373 g/mol. The standard InChI is InChI=1S/C18H20BrN3O/c1-12(2)23-15-6-3-13(4-7-15)18-16(9-10-20)21-17-8-5-14(19)11-22(17)18/h3-8,11-12H,9-10,20H2,1-2H3. The van der Waals surface area contributed by atoms with Gasteiger partial charge in [0.1, 0.15) is 11.4 Å². The van der Waals surface area contributed by atoms with Crippen LogP contribution in [-0.2, 0) is 6.42 Å². The van der Waals surface area contributed by atoms with Gasteiger partial charge >= 0.3 is 0 Å². The normalized spacial score (nSPS) is 11.3. The molecule has 0 spiro atoms. The number of aromatic nitrogens is 2. The summed E-state index contributed by atoms with van der Waals surface area (Å²) in [6.45, 7) is 4.62. The SMILES string of the molecule is CC(C)Oc1ccc(-c2c(CCN)nc3ccc(Br)cn23)cc1. The zero-order valence-corrected chi connectivity index (χ0v) is 14.9. The number of benzene rings is 1. The molecule has 0 radical (unpaired) electrons. The van der Waals surface area contributed by atoms with Gasteiger partial charge < -0.3 is 10.5 Å². The summed E-state index contributed by atoms with van der Waals surface area (Å²) >= 11 is 3.53. The molecule has 2 heterocycles. The van der Waals surface area contributed by atoms with Crippen LogP contribution in [0.3, 0.4) is 0 Å². The molecule has 0 aliphatic rings. The molecule has 3 aromatic rings. The second-order valence-corrected chi connectivity index (χ2v) is 6.63. The first-order chi connectivity index (χ1) is 11.1. The Morgan fingerprint density at radius 2 is 1.91 bits per heavy atom. The molecule has 2 N–H and O–H groups in total. The molecule has 1 aromatic carbocycles. The van der Waals surface area contributed by atoms with Crippen LogP contribution < -0.4 is 10.5 Å². The summed E-state index contributed by atoms with van der Waals surface area (Å²) in [6, 6.07) is 12.1. The molecule has 0 saturated heterocycles. The molecule has 120 valence electrons. The largest absolute Gasteiger partial charge is 0.491 e. The maximum Gasteiger partial charge on any atom is 0.137 e. The molecular formula is C18H20BrN3O. The van der Waals surface area contributed by atoms with E-state index in [9.17, 15) is 0 Å². The molecule has 0 aliphatic carbocycles. The highest BCUT2D eigenvalue weighted by Gasteiger charge is 2.14. The van der Waals surface area contributed by atoms with Gasteiger partial charge in [-0.3, -0.25) is 4.40 Å². The fraction of sp³-hybridized carbons (Fsp3) is 0.278. The van der Waals surface area contributed by atoms with Crippen molar-refractivity contribution < 1.29 is 4.74 Å². The van der Waals surface area contributed by atoms with Crippen LogP contribution in [0.1, 0.15) is 19.5 Å². The van der Waals surface area contributed by atoms with E-state index >= 15 is 0 Å². The number of halogens is 1. The lowest BCUT2D eigenvalue weighted by molar-refractivity contribution is 0.242. The number of hydrogen-bond donors (Lipinski definition) is 1. The van der Waals surface area contributed by atoms with Gasteiger partial charge in [-0.25, -0.2) is 4.98 Å². The van der Waals surface area contributed by atoms with Crippen LogP contribution in [0.4, 0.5) is 0 Å². The van der Waals surface area contributed by atoms with Crippen molar-refractivity contribution in [3.8, 4) is 17.0 Å². The summed E-state index contributed by atoms with van der Waals surface area (Å²) < 4.78 is 8.84. The summed E-state index contributed by atoms with van der Waals surface area (Å²) in [5, 5.41) is 0. The van der Waals surface area contributed by atoms with E-state index in [0.29, 0.717) is 6.54 Å². The molecule has 0 amide bonds. The van der Waals surface area contributed by atoms with E-state index in [4.69, 9.17) is 15.5 Å². The summed E-state index contributed by atoms with van der Waals surface area (Å²) in [4.78, 5) is 4.72. The Hall–Kier alpha value is -1.85. The van der Waals surface area contributed by atoms with Crippen molar-refractivity contribution in [2.45, 2.75) is 26.4 Å². The molecule has 0 saturated carbocycles. The summed E-state index contributed by atoms with van der Waals surface area (Å²) in [6.07, 6.45) is 2.95. The highest BCUT2D eigenvalue weighted by atomic mass is 79.9. The first-order valence-corrected chi connectivity index (χ1v) is 8.51. The Labute approximate surface area is 144 Å². The van der Waals surface area contributed by atoms with Crippen molar-refractivity contribution in [3.63, 3.8) is 0 Å². The molecule has 0 fully saturated rings. The summed E-state index contributed by atoms with van der Waals surface area (Å²) in [5.41, 5.74) is 9.89. The zero-order valence-electron chi connectivity index (χ0n) is 13.3. The Bertz CT molecular complexity index is 809. The highest BCUT2D eigenvalue weighted by Crippen LogP contribution is 2.28. The topological polar surface area (TPSA) is 52.5 Å². The molecule has 4 nitrogen and oxygen atoms in total. The van der Waals surface area contributed by atoms with Crippen molar-refractivity contribution in [3.05, 3.63) is 52.8 Å². The average molecular weight is 374 g/mol. The number of imidazole rings is 1. The van der Waals surface area contributed by atoms with Gasteiger partial charge in [-0.15, -0.1) is 0 Å². The van der Waals surface area contributed by atoms with Crippen molar-refractivity contribution in [1.29, 1.82) is 0 Å². The minimum Gasteiger partial charge on any atom is -0.491 e. The maximum absolute atomic E-state index is 5.76. The van der Waals surface area contributed by atoms with Crippen molar-refractivity contribution in [2.75, 3.05) is 6.54 Å². The second-order valence-electron chi connectivity index (χ2n) is 5.71. The predicted molar refractivity (Wildman–Crippen MR) is 96.9 cm³/mol. The van der Waals surface area contributed by atoms with Crippen molar-refractivity contribution in [1.82, 2.24) is 9.38 Å². The predicted octanol–water partition coefficient (Wildman–Crippen LogP) is 4.05. The quantitative estimate of drug-likeness (QED) is 0.733. The highest BCUT2D eigenvalue weighted by molar-refractivity contribution is 9.10. The third-order valence-corrected chi connectivity index (χ3v) is 4.00. The summed E-state index contributed by atoms with van der Waals surface area (Å²) in [5.74, 6) is 0.874. The first kappa shape index (κ1) is 16.0. The fourth-order valence-electron chi connectivity index (χ4n) is 2.65. The average Bonchev–Trinajstić information content (AvgIpc) is 2.85. The zero-order chi connectivity index (χ0) is 16.4. The van der Waals surface area contributed by atoms with E-state index in [1.165, 1.54) is 0 Å². The first-order valence-electron chi connectivity index (χ1n) is 7.72. The molecule has 0 unspecified atom stereocenters. The number of nitrogens with two attached hydrogens (primary N) is 1. The lowest BCUT2D eigenvalue weighted by Gasteiger charge is -2.11. The van der Waals surface area contributed by atoms with Crippen LogP contribution >= 0.6 is 15.9 Å². The van der Waals surface area contributed by atoms with Crippen LogP contribution in [0.25, 0.3) is 16.9 Å². The lowest BCUT2D eigenvalue weighted by atomic mass is 10.1. The fourth-order valence-corrected chi connectivity index (χ4v) is 2.98. The van der Waals surface area contributed by atoms with Gasteiger partial charge in [-0.1, -0.05) is 0 Å². The lowest BCUT2D eigenvalue weighted by Crippen LogP contribution is -2.05. The molecule has 3 rings (SSSR count). The van der Waals surface area contributed by atoms with Crippen molar-refractivity contribution >= 4 is 21.6 Å². The second kappa shape index (κ2) is 6.72. The minimum atomic E-state index is 0.167. The van der Waals surface area contributed by atoms with E-state index in [1.807, 2.05) is 44.3 Å². The molecule has 23 heavy (non-hydrogen) atoms. The Morgan fingerprint density at radius 3 is 2.57 bits per heavy atom. The van der Waals surface area contributed by atoms with E-state index in [2.05, 4.69) is 32.5 Å². The van der Waals surface area contributed by atoms with E-state index in [1.54, 1.807) is 0 Å². The Kier molecular flexibility index (Phi) is 4.68. The van der Waals surface area contributed by atoms with Gasteiger partial charge in [0.25, 0.3) is 0 Å². The smallest absolute Gasteiger partial charge is 0.137 e. The van der Waals surface area contributed by atoms with Gasteiger partial charge in [0, 0.05) is 22.7 Å². The molecule has 2 aromatic heterocycles. The number of rotatable bonds is 5. The molecule has 0 atom stereocenters. The third-order valence-electron chi connectivity index (χ3n) is 3.54. The van der Waals surface area contributed by atoms with Crippen LogP contribution in [-0.4, -0.2) is 22.0 Å². The molecule has 5 heteroatoms.